The number of para-hydroxylation sites is 1. The summed E-state index contributed by atoms with van der Waals surface area (Å²) >= 11 is 0. The number of fused-ring (bicyclic) bond motifs is 1. The Balaban J connectivity index is 1.95. The molecular formula is C14H17N7. The molecule has 3 rings (SSSR count). The monoisotopic (exact) mass is 283 g/mol. The van der Waals surface area contributed by atoms with E-state index in [1.165, 1.54) is 0 Å². The average Bonchev–Trinajstić information content (AvgIpc) is 2.89. The maximum absolute atomic E-state index is 5.55. The zero-order valence-electron chi connectivity index (χ0n) is 12.0. The second-order valence-corrected chi connectivity index (χ2v) is 4.83. The van der Waals surface area contributed by atoms with Crippen LogP contribution < -0.4 is 16.2 Å². The molecule has 2 aromatic heterocycles. The van der Waals surface area contributed by atoms with Crippen molar-refractivity contribution < 1.29 is 0 Å². The summed E-state index contributed by atoms with van der Waals surface area (Å²) in [4.78, 5) is 11.1. The summed E-state index contributed by atoms with van der Waals surface area (Å²) in [6.45, 7) is 0.583. The molecule has 3 N–H and O–H groups in total. The molecule has 0 saturated carbocycles. The number of hydrazine groups is 1. The van der Waals surface area contributed by atoms with Crippen LogP contribution in [0.1, 0.15) is 5.82 Å². The van der Waals surface area contributed by atoms with Gasteiger partial charge in [0.05, 0.1) is 18.1 Å². The minimum absolute atomic E-state index is 0.583. The van der Waals surface area contributed by atoms with Gasteiger partial charge in [-0.05, 0) is 12.1 Å². The van der Waals surface area contributed by atoms with Crippen LogP contribution in [0, 0.1) is 0 Å². The maximum Gasteiger partial charge on any atom is 0.163 e. The third-order valence-corrected chi connectivity index (χ3v) is 3.35. The van der Waals surface area contributed by atoms with Gasteiger partial charge in [0, 0.05) is 19.8 Å². The Bertz CT molecular complexity index is 751. The predicted octanol–water partition coefficient (Wildman–Crippen LogP) is 1.29. The zero-order valence-corrected chi connectivity index (χ0v) is 12.0. The highest BCUT2D eigenvalue weighted by Crippen LogP contribution is 2.20. The standard InChI is InChI=1S/C14H17N7/c1-20(10-6-4-3-5-7-10)9-12-17-13(19-15)11-8-16-21(2)14(11)18-12/h3-8H,9,15H2,1-2H3,(H,17,18,19). The zero-order chi connectivity index (χ0) is 14.8. The summed E-state index contributed by atoms with van der Waals surface area (Å²) in [6, 6.07) is 10.1. The van der Waals surface area contributed by atoms with Gasteiger partial charge >= 0.3 is 0 Å². The van der Waals surface area contributed by atoms with E-state index < -0.39 is 0 Å². The number of benzene rings is 1. The lowest BCUT2D eigenvalue weighted by atomic mass is 10.3. The van der Waals surface area contributed by atoms with Crippen molar-refractivity contribution >= 4 is 22.5 Å². The molecule has 7 heteroatoms. The van der Waals surface area contributed by atoms with Crippen LogP contribution in [0.3, 0.4) is 0 Å². The van der Waals surface area contributed by atoms with Crippen molar-refractivity contribution in [2.24, 2.45) is 12.9 Å². The molecule has 3 aromatic rings. The fourth-order valence-corrected chi connectivity index (χ4v) is 2.23. The van der Waals surface area contributed by atoms with Gasteiger partial charge in [0.2, 0.25) is 0 Å². The molecule has 0 spiro atoms. The molecule has 0 radical (unpaired) electrons. The van der Waals surface area contributed by atoms with Crippen molar-refractivity contribution in [2.45, 2.75) is 6.54 Å². The van der Waals surface area contributed by atoms with Gasteiger partial charge in [-0.3, -0.25) is 4.68 Å². The predicted molar refractivity (Wildman–Crippen MR) is 82.7 cm³/mol. The number of nitrogens with two attached hydrogens (primary N) is 1. The summed E-state index contributed by atoms with van der Waals surface area (Å²) in [5, 5.41) is 5.00. The minimum Gasteiger partial charge on any atom is -0.367 e. The van der Waals surface area contributed by atoms with E-state index >= 15 is 0 Å². The molecule has 0 atom stereocenters. The van der Waals surface area contributed by atoms with Gasteiger partial charge < -0.3 is 10.3 Å². The van der Waals surface area contributed by atoms with Crippen molar-refractivity contribution in [1.29, 1.82) is 0 Å². The molecule has 2 heterocycles. The van der Waals surface area contributed by atoms with Crippen molar-refractivity contribution in [1.82, 2.24) is 19.7 Å². The number of rotatable bonds is 4. The summed E-state index contributed by atoms with van der Waals surface area (Å²) < 4.78 is 1.71. The first kappa shape index (κ1) is 13.3. The van der Waals surface area contributed by atoms with E-state index in [4.69, 9.17) is 5.84 Å². The Kier molecular flexibility index (Phi) is 3.41. The average molecular weight is 283 g/mol. The summed E-state index contributed by atoms with van der Waals surface area (Å²) in [7, 11) is 3.85. The summed E-state index contributed by atoms with van der Waals surface area (Å²) in [5.41, 5.74) is 4.48. The van der Waals surface area contributed by atoms with Crippen LogP contribution in [0.4, 0.5) is 11.5 Å². The smallest absolute Gasteiger partial charge is 0.163 e. The van der Waals surface area contributed by atoms with Gasteiger partial charge in [0.1, 0.15) is 0 Å². The maximum atomic E-state index is 5.55. The first-order valence-electron chi connectivity index (χ1n) is 6.60. The highest BCUT2D eigenvalue weighted by atomic mass is 15.3. The minimum atomic E-state index is 0.583. The van der Waals surface area contributed by atoms with E-state index in [2.05, 4.69) is 25.4 Å². The van der Waals surface area contributed by atoms with Crippen LogP contribution in [-0.4, -0.2) is 26.8 Å². The lowest BCUT2D eigenvalue weighted by molar-refractivity contribution is 0.773. The number of nitrogen functional groups attached to an aromatic ring is 1. The summed E-state index contributed by atoms with van der Waals surface area (Å²) in [6.07, 6.45) is 1.70. The molecule has 0 saturated heterocycles. The second-order valence-electron chi connectivity index (χ2n) is 4.83. The molecule has 0 unspecified atom stereocenters. The van der Waals surface area contributed by atoms with Gasteiger partial charge in [0.15, 0.2) is 17.3 Å². The molecule has 0 aliphatic heterocycles. The number of hydrogen-bond acceptors (Lipinski definition) is 6. The van der Waals surface area contributed by atoms with Crippen molar-refractivity contribution in [3.63, 3.8) is 0 Å². The first-order valence-corrected chi connectivity index (χ1v) is 6.60. The Labute approximate surface area is 122 Å². The van der Waals surface area contributed by atoms with Crippen LogP contribution >= 0.6 is 0 Å². The first-order chi connectivity index (χ1) is 10.2. The largest absolute Gasteiger partial charge is 0.367 e. The van der Waals surface area contributed by atoms with Gasteiger partial charge in [0.25, 0.3) is 0 Å². The fraction of sp³-hybridized carbons (Fsp3) is 0.214. The van der Waals surface area contributed by atoms with Crippen LogP contribution in [0.2, 0.25) is 0 Å². The molecule has 1 aromatic carbocycles. The topological polar surface area (TPSA) is 84.9 Å². The van der Waals surface area contributed by atoms with Crippen LogP contribution in [0.5, 0.6) is 0 Å². The van der Waals surface area contributed by atoms with Crippen molar-refractivity contribution in [3.8, 4) is 0 Å². The molecule has 21 heavy (non-hydrogen) atoms. The molecule has 7 nitrogen and oxygen atoms in total. The van der Waals surface area contributed by atoms with E-state index in [-0.39, 0.29) is 0 Å². The normalized spacial score (nSPS) is 10.8. The molecule has 108 valence electrons. The molecule has 0 aliphatic carbocycles. The van der Waals surface area contributed by atoms with Crippen molar-refractivity contribution in [2.75, 3.05) is 17.4 Å². The SMILES string of the molecule is CN(Cc1nc(NN)c2cnn(C)c2n1)c1ccccc1. The van der Waals surface area contributed by atoms with E-state index in [9.17, 15) is 0 Å². The Morgan fingerprint density at radius 3 is 2.71 bits per heavy atom. The van der Waals surface area contributed by atoms with Gasteiger partial charge in [-0.25, -0.2) is 15.8 Å². The van der Waals surface area contributed by atoms with Gasteiger partial charge in [-0.1, -0.05) is 18.2 Å². The van der Waals surface area contributed by atoms with E-state index in [1.54, 1.807) is 10.9 Å². The van der Waals surface area contributed by atoms with Gasteiger partial charge in [-0.2, -0.15) is 5.10 Å². The highest BCUT2D eigenvalue weighted by molar-refractivity contribution is 5.86. The molecule has 0 bridgehead atoms. The number of aromatic nitrogens is 4. The fourth-order valence-electron chi connectivity index (χ4n) is 2.23. The van der Waals surface area contributed by atoms with Crippen LogP contribution in [0.25, 0.3) is 11.0 Å². The number of anilines is 2. The van der Waals surface area contributed by atoms with E-state index in [1.807, 2.05) is 44.4 Å². The highest BCUT2D eigenvalue weighted by Gasteiger charge is 2.12. The lowest BCUT2D eigenvalue weighted by Gasteiger charge is -2.18. The van der Waals surface area contributed by atoms with Crippen LogP contribution in [-0.2, 0) is 13.6 Å². The Morgan fingerprint density at radius 2 is 2.00 bits per heavy atom. The van der Waals surface area contributed by atoms with E-state index in [0.29, 0.717) is 18.2 Å². The third-order valence-electron chi connectivity index (χ3n) is 3.35. The van der Waals surface area contributed by atoms with E-state index in [0.717, 1.165) is 16.7 Å². The number of nitrogens with one attached hydrogen (secondary N) is 1. The van der Waals surface area contributed by atoms with Crippen LogP contribution in [0.15, 0.2) is 36.5 Å². The summed E-state index contributed by atoms with van der Waals surface area (Å²) in [5.74, 6) is 6.82. The number of hydrogen-bond donors (Lipinski definition) is 2. The van der Waals surface area contributed by atoms with Crippen molar-refractivity contribution in [3.05, 3.63) is 42.4 Å². The number of aryl methyl sites for hydroxylation is 1. The third kappa shape index (κ3) is 2.50. The molecule has 0 amide bonds. The lowest BCUT2D eigenvalue weighted by Crippen LogP contribution is -2.19. The number of nitrogens with zero attached hydrogens (tertiary/aromatic N) is 5. The second kappa shape index (κ2) is 5.37. The van der Waals surface area contributed by atoms with Gasteiger partial charge in [-0.15, -0.1) is 0 Å². The Morgan fingerprint density at radius 1 is 1.24 bits per heavy atom. The molecular weight excluding hydrogens is 266 g/mol. The molecule has 0 aliphatic rings. The quantitative estimate of drug-likeness (QED) is 0.554. The molecule has 0 fully saturated rings. The Hall–Kier alpha value is -2.67.